The van der Waals surface area contributed by atoms with Crippen LogP contribution in [0.4, 0.5) is 0 Å². The number of hydrogen-bond acceptors (Lipinski definition) is 3. The van der Waals surface area contributed by atoms with Crippen molar-refractivity contribution in [3.8, 4) is 5.75 Å². The van der Waals surface area contributed by atoms with Gasteiger partial charge in [-0.15, -0.1) is 0 Å². The summed E-state index contributed by atoms with van der Waals surface area (Å²) in [4.78, 5) is 2.44. The van der Waals surface area contributed by atoms with Gasteiger partial charge in [-0.1, -0.05) is 18.2 Å². The van der Waals surface area contributed by atoms with Gasteiger partial charge in [-0.3, -0.25) is 0 Å². The molecule has 19 heavy (non-hydrogen) atoms. The maximum absolute atomic E-state index is 5.39. The monoisotopic (exact) mass is 262 g/mol. The third kappa shape index (κ3) is 3.95. The van der Waals surface area contributed by atoms with E-state index in [9.17, 15) is 0 Å². The van der Waals surface area contributed by atoms with Gasteiger partial charge in [0, 0.05) is 24.7 Å². The zero-order valence-electron chi connectivity index (χ0n) is 12.4. The Hall–Kier alpha value is -1.06. The summed E-state index contributed by atoms with van der Waals surface area (Å²) in [5, 5.41) is 3.66. The van der Waals surface area contributed by atoms with Gasteiger partial charge in [-0.05, 0) is 45.3 Å². The van der Waals surface area contributed by atoms with Crippen LogP contribution < -0.4 is 10.1 Å². The van der Waals surface area contributed by atoms with Crippen molar-refractivity contribution < 1.29 is 4.74 Å². The first-order valence-corrected chi connectivity index (χ1v) is 7.24. The lowest BCUT2D eigenvalue weighted by Crippen LogP contribution is -2.42. The van der Waals surface area contributed by atoms with Crippen molar-refractivity contribution in [2.45, 2.75) is 32.4 Å². The minimum atomic E-state index is 0.549. The number of likely N-dealkylation sites (tertiary alicyclic amines) is 1. The Balaban J connectivity index is 1.87. The van der Waals surface area contributed by atoms with E-state index in [1.54, 1.807) is 7.11 Å². The van der Waals surface area contributed by atoms with Crippen molar-refractivity contribution in [2.75, 3.05) is 27.2 Å². The number of ether oxygens (including phenoxy) is 1. The smallest absolute Gasteiger partial charge is 0.123 e. The molecule has 0 radical (unpaired) electrons. The van der Waals surface area contributed by atoms with E-state index in [1.165, 1.54) is 31.5 Å². The van der Waals surface area contributed by atoms with Gasteiger partial charge in [0.05, 0.1) is 7.11 Å². The lowest BCUT2D eigenvalue weighted by atomic mass is 9.92. The van der Waals surface area contributed by atoms with Crippen LogP contribution in [0.2, 0.25) is 0 Å². The molecule has 0 spiro atoms. The summed E-state index contributed by atoms with van der Waals surface area (Å²) in [7, 11) is 3.96. The fraction of sp³-hybridized carbons (Fsp3) is 0.625. The van der Waals surface area contributed by atoms with E-state index >= 15 is 0 Å². The highest BCUT2D eigenvalue weighted by Crippen LogP contribution is 2.20. The van der Waals surface area contributed by atoms with E-state index in [4.69, 9.17) is 4.74 Å². The van der Waals surface area contributed by atoms with Crippen LogP contribution in [0.25, 0.3) is 0 Å². The Kier molecular flexibility index (Phi) is 5.23. The van der Waals surface area contributed by atoms with Gasteiger partial charge in [-0.25, -0.2) is 0 Å². The molecule has 1 heterocycles. The van der Waals surface area contributed by atoms with Crippen molar-refractivity contribution in [2.24, 2.45) is 5.92 Å². The third-order valence-corrected chi connectivity index (χ3v) is 4.18. The van der Waals surface area contributed by atoms with Crippen LogP contribution in [0.1, 0.15) is 25.3 Å². The number of para-hydroxylation sites is 1. The van der Waals surface area contributed by atoms with Crippen LogP contribution in [-0.4, -0.2) is 38.2 Å². The SMILES string of the molecule is COc1ccccc1CNC(C)C1CCCN(C)C1. The summed E-state index contributed by atoms with van der Waals surface area (Å²) in [6, 6.07) is 8.79. The number of benzene rings is 1. The second kappa shape index (κ2) is 6.92. The van der Waals surface area contributed by atoms with Crippen molar-refractivity contribution in [1.82, 2.24) is 10.2 Å². The van der Waals surface area contributed by atoms with Crippen LogP contribution in [0.3, 0.4) is 0 Å². The second-order valence-corrected chi connectivity index (χ2v) is 5.65. The fourth-order valence-electron chi connectivity index (χ4n) is 2.90. The molecule has 0 saturated carbocycles. The summed E-state index contributed by atoms with van der Waals surface area (Å²) in [5.74, 6) is 1.73. The average molecular weight is 262 g/mol. The van der Waals surface area contributed by atoms with Crippen molar-refractivity contribution in [1.29, 1.82) is 0 Å². The second-order valence-electron chi connectivity index (χ2n) is 5.65. The highest BCUT2D eigenvalue weighted by Gasteiger charge is 2.22. The number of methoxy groups -OCH3 is 1. The molecule has 0 aromatic heterocycles. The molecule has 1 aliphatic heterocycles. The molecule has 1 aromatic carbocycles. The number of hydrogen-bond donors (Lipinski definition) is 1. The lowest BCUT2D eigenvalue weighted by Gasteiger charge is -2.34. The minimum Gasteiger partial charge on any atom is -0.496 e. The van der Waals surface area contributed by atoms with Crippen LogP contribution >= 0.6 is 0 Å². The molecule has 3 heteroatoms. The molecular formula is C16H26N2O. The van der Waals surface area contributed by atoms with Gasteiger partial charge in [0.2, 0.25) is 0 Å². The van der Waals surface area contributed by atoms with Gasteiger partial charge >= 0.3 is 0 Å². The summed E-state index contributed by atoms with van der Waals surface area (Å²) < 4.78 is 5.39. The summed E-state index contributed by atoms with van der Waals surface area (Å²) in [5.41, 5.74) is 1.24. The molecule has 2 rings (SSSR count). The zero-order valence-corrected chi connectivity index (χ0v) is 12.4. The molecule has 2 unspecified atom stereocenters. The first-order valence-electron chi connectivity index (χ1n) is 7.24. The molecule has 1 aromatic rings. The molecule has 1 saturated heterocycles. The van der Waals surface area contributed by atoms with Gasteiger partial charge in [-0.2, -0.15) is 0 Å². The van der Waals surface area contributed by atoms with Crippen LogP contribution in [0, 0.1) is 5.92 Å². The minimum absolute atomic E-state index is 0.549. The summed E-state index contributed by atoms with van der Waals surface area (Å²) >= 11 is 0. The Morgan fingerprint density at radius 3 is 2.95 bits per heavy atom. The molecule has 1 fully saturated rings. The van der Waals surface area contributed by atoms with Gasteiger partial charge in [0.1, 0.15) is 5.75 Å². The summed E-state index contributed by atoms with van der Waals surface area (Å²) in [6.45, 7) is 5.64. The van der Waals surface area contributed by atoms with E-state index in [0.29, 0.717) is 6.04 Å². The highest BCUT2D eigenvalue weighted by molar-refractivity contribution is 5.33. The van der Waals surface area contributed by atoms with Crippen LogP contribution in [0.5, 0.6) is 5.75 Å². The molecule has 1 N–H and O–H groups in total. The van der Waals surface area contributed by atoms with Crippen LogP contribution in [0.15, 0.2) is 24.3 Å². The molecule has 3 nitrogen and oxygen atoms in total. The Morgan fingerprint density at radius 2 is 2.21 bits per heavy atom. The zero-order chi connectivity index (χ0) is 13.7. The Labute approximate surface area is 116 Å². The van der Waals surface area contributed by atoms with Crippen molar-refractivity contribution in [3.63, 3.8) is 0 Å². The van der Waals surface area contributed by atoms with E-state index in [1.807, 2.05) is 12.1 Å². The average Bonchev–Trinajstić information content (AvgIpc) is 2.45. The predicted molar refractivity (Wildman–Crippen MR) is 79.5 cm³/mol. The Bertz CT molecular complexity index is 394. The third-order valence-electron chi connectivity index (χ3n) is 4.18. The Morgan fingerprint density at radius 1 is 1.42 bits per heavy atom. The van der Waals surface area contributed by atoms with Gasteiger partial charge in [0.25, 0.3) is 0 Å². The summed E-state index contributed by atoms with van der Waals surface area (Å²) in [6.07, 6.45) is 2.66. The molecule has 106 valence electrons. The molecule has 2 atom stereocenters. The highest BCUT2D eigenvalue weighted by atomic mass is 16.5. The van der Waals surface area contributed by atoms with Gasteiger partial charge < -0.3 is 15.0 Å². The largest absolute Gasteiger partial charge is 0.496 e. The van der Waals surface area contributed by atoms with E-state index < -0.39 is 0 Å². The lowest BCUT2D eigenvalue weighted by molar-refractivity contribution is 0.178. The maximum Gasteiger partial charge on any atom is 0.123 e. The number of rotatable bonds is 5. The van der Waals surface area contributed by atoms with Crippen molar-refractivity contribution in [3.05, 3.63) is 29.8 Å². The van der Waals surface area contributed by atoms with E-state index in [0.717, 1.165) is 18.2 Å². The number of nitrogens with zero attached hydrogens (tertiary/aromatic N) is 1. The quantitative estimate of drug-likeness (QED) is 0.882. The van der Waals surface area contributed by atoms with Crippen molar-refractivity contribution >= 4 is 0 Å². The molecule has 0 aliphatic carbocycles. The molecule has 1 aliphatic rings. The first-order chi connectivity index (χ1) is 9.20. The van der Waals surface area contributed by atoms with E-state index in [2.05, 4.69) is 36.3 Å². The molecule has 0 bridgehead atoms. The normalized spacial score (nSPS) is 22.2. The molecule has 0 amide bonds. The topological polar surface area (TPSA) is 24.5 Å². The first kappa shape index (κ1) is 14.4. The van der Waals surface area contributed by atoms with Crippen LogP contribution in [-0.2, 0) is 6.54 Å². The van der Waals surface area contributed by atoms with E-state index in [-0.39, 0.29) is 0 Å². The fourth-order valence-corrected chi connectivity index (χ4v) is 2.90. The maximum atomic E-state index is 5.39. The molecular weight excluding hydrogens is 236 g/mol. The standard InChI is InChI=1S/C16H26N2O/c1-13(15-8-6-10-18(2)12-15)17-11-14-7-4-5-9-16(14)19-3/h4-5,7,9,13,15,17H,6,8,10-12H2,1-3H3. The van der Waals surface area contributed by atoms with Gasteiger partial charge in [0.15, 0.2) is 0 Å². The predicted octanol–water partition coefficient (Wildman–Crippen LogP) is 2.52. The number of piperidine rings is 1. The number of nitrogens with one attached hydrogen (secondary N) is 1.